The Morgan fingerprint density at radius 1 is 0.825 bits per heavy atom. The quantitative estimate of drug-likeness (QED) is 0.111. The molecule has 0 aliphatic carbocycles. The molecule has 6 aromatic rings. The molecule has 4 atom stereocenters. The van der Waals surface area contributed by atoms with Gasteiger partial charge in [-0.05, 0) is 100 Å². The number of carbonyl (C=O) groups excluding carboxylic acids is 2. The number of methoxy groups -OCH3 is 1. The van der Waals surface area contributed by atoms with Crippen molar-refractivity contribution in [3.05, 3.63) is 177 Å². The fraction of sp³-hybridized carbons (Fsp3) is 0.235. The maximum Gasteiger partial charge on any atom is 0.326 e. The lowest BCUT2D eigenvalue weighted by Crippen LogP contribution is -2.55. The number of benzene rings is 6. The van der Waals surface area contributed by atoms with E-state index in [4.69, 9.17) is 37.4 Å². The summed E-state index contributed by atoms with van der Waals surface area (Å²) in [6.45, 7) is 2.78. The zero-order valence-corrected chi connectivity index (χ0v) is 36.6. The molecular weight excluding hydrogens is 837 g/mol. The number of likely N-dealkylation sites (N-methyl/N-ethyl adjacent to an activating group) is 1. The predicted molar refractivity (Wildman–Crippen MR) is 245 cm³/mol. The van der Waals surface area contributed by atoms with Gasteiger partial charge in [0, 0.05) is 31.6 Å². The van der Waals surface area contributed by atoms with E-state index in [-0.39, 0.29) is 24.3 Å². The smallest absolute Gasteiger partial charge is 0.326 e. The molecule has 0 radical (unpaired) electrons. The van der Waals surface area contributed by atoms with Gasteiger partial charge in [-0.1, -0.05) is 115 Å². The molecule has 2 aliphatic heterocycles. The number of amides is 2. The van der Waals surface area contributed by atoms with E-state index in [1.165, 1.54) is 0 Å². The number of nitrogens with one attached hydrogen (secondary N) is 1. The molecule has 63 heavy (non-hydrogen) atoms. The number of aliphatic carboxylic acids is 1. The summed E-state index contributed by atoms with van der Waals surface area (Å²) in [5.74, 6) is 0.202. The van der Waals surface area contributed by atoms with Crippen molar-refractivity contribution in [3.63, 3.8) is 0 Å². The average molecular weight is 885 g/mol. The number of carboxylic acid groups (broad SMARTS) is 1. The number of halogens is 2. The van der Waals surface area contributed by atoms with Crippen LogP contribution in [0.4, 0.5) is 5.69 Å². The van der Waals surface area contributed by atoms with Gasteiger partial charge in [0.2, 0.25) is 12.0 Å². The van der Waals surface area contributed by atoms with Gasteiger partial charge in [0.1, 0.15) is 29.9 Å². The van der Waals surface area contributed by atoms with Crippen molar-refractivity contribution >= 4 is 46.7 Å². The number of hydrogen-bond acceptors (Lipinski definition) is 7. The molecule has 2 heterocycles. The van der Waals surface area contributed by atoms with E-state index >= 15 is 0 Å². The molecule has 2 aliphatic rings. The number of anilines is 1. The number of nitrogens with zero attached hydrogens (tertiary/aromatic N) is 2. The van der Waals surface area contributed by atoms with Gasteiger partial charge in [-0.3, -0.25) is 14.5 Å². The van der Waals surface area contributed by atoms with E-state index in [2.05, 4.69) is 29.3 Å². The van der Waals surface area contributed by atoms with Crippen LogP contribution in [-0.4, -0.2) is 54.0 Å². The first-order valence-corrected chi connectivity index (χ1v) is 21.6. The third kappa shape index (κ3) is 9.54. The summed E-state index contributed by atoms with van der Waals surface area (Å²) in [5.41, 5.74) is 7.81. The van der Waals surface area contributed by atoms with Crippen LogP contribution < -0.4 is 24.4 Å². The first kappa shape index (κ1) is 43.3. The van der Waals surface area contributed by atoms with E-state index in [0.717, 1.165) is 44.7 Å². The molecule has 0 spiro atoms. The van der Waals surface area contributed by atoms with Crippen LogP contribution in [0.3, 0.4) is 0 Å². The fourth-order valence-corrected chi connectivity index (χ4v) is 8.75. The van der Waals surface area contributed by atoms with E-state index in [1.807, 2.05) is 97.1 Å². The topological polar surface area (TPSA) is 118 Å². The molecule has 2 amide bonds. The van der Waals surface area contributed by atoms with Crippen LogP contribution in [0, 0.1) is 0 Å². The Morgan fingerprint density at radius 3 is 2.14 bits per heavy atom. The van der Waals surface area contributed by atoms with E-state index < -0.39 is 24.2 Å². The molecule has 0 saturated carbocycles. The van der Waals surface area contributed by atoms with Crippen LogP contribution >= 0.6 is 23.2 Å². The molecular formula is C51H47Cl2N3O7. The molecule has 12 heteroatoms. The summed E-state index contributed by atoms with van der Waals surface area (Å²) in [4.78, 5) is 44.9. The molecule has 0 fully saturated rings. The van der Waals surface area contributed by atoms with Crippen LogP contribution in [-0.2, 0) is 40.4 Å². The molecule has 0 aromatic heterocycles. The van der Waals surface area contributed by atoms with Gasteiger partial charge < -0.3 is 29.5 Å². The van der Waals surface area contributed by atoms with Crippen molar-refractivity contribution in [2.24, 2.45) is 0 Å². The molecule has 8 rings (SSSR count). The van der Waals surface area contributed by atoms with Crippen molar-refractivity contribution in [2.45, 2.75) is 63.6 Å². The molecule has 0 saturated heterocycles. The molecule has 2 unspecified atom stereocenters. The zero-order valence-electron chi connectivity index (χ0n) is 35.1. The third-order valence-electron chi connectivity index (χ3n) is 11.9. The van der Waals surface area contributed by atoms with E-state index in [9.17, 15) is 19.5 Å². The second-order valence-corrected chi connectivity index (χ2v) is 16.7. The molecule has 6 aromatic carbocycles. The van der Waals surface area contributed by atoms with Gasteiger partial charge in [0.25, 0.3) is 5.91 Å². The second kappa shape index (κ2) is 19.0. The normalized spacial score (nSPS) is 16.8. The lowest BCUT2D eigenvalue weighted by atomic mass is 9.88. The summed E-state index contributed by atoms with van der Waals surface area (Å²) >= 11 is 12.2. The van der Waals surface area contributed by atoms with Gasteiger partial charge in [0.15, 0.2) is 0 Å². The molecule has 322 valence electrons. The number of rotatable bonds is 14. The highest BCUT2D eigenvalue weighted by molar-refractivity contribution is 6.42. The Balaban J connectivity index is 1.02. The van der Waals surface area contributed by atoms with Crippen LogP contribution in [0.5, 0.6) is 17.2 Å². The van der Waals surface area contributed by atoms with Crippen molar-refractivity contribution in [2.75, 3.05) is 19.1 Å². The maximum absolute atomic E-state index is 14.5. The molecule has 2 N–H and O–H groups in total. The van der Waals surface area contributed by atoms with Gasteiger partial charge in [0.05, 0.1) is 28.9 Å². The summed E-state index contributed by atoms with van der Waals surface area (Å²) in [7, 11) is 3.35. The predicted octanol–water partition coefficient (Wildman–Crippen LogP) is 10.0. The van der Waals surface area contributed by atoms with Gasteiger partial charge in [-0.15, -0.1) is 0 Å². The van der Waals surface area contributed by atoms with Gasteiger partial charge in [-0.2, -0.15) is 0 Å². The average Bonchev–Trinajstić information content (AvgIpc) is 3.30. The Morgan fingerprint density at radius 2 is 1.49 bits per heavy atom. The Bertz CT molecular complexity index is 2610. The summed E-state index contributed by atoms with van der Waals surface area (Å²) in [6.07, 6.45) is 0.231. The number of hydrogen-bond donors (Lipinski definition) is 2. The molecule has 0 bridgehead atoms. The minimum absolute atomic E-state index is 0.108. The lowest BCUT2D eigenvalue weighted by molar-refractivity contribution is -0.143. The highest BCUT2D eigenvalue weighted by Crippen LogP contribution is 2.43. The SMILES string of the molecule is CC[C@@H](c1ccccc1)N1Cc2cc3c(cc2CC1C(=O)N[C@@H](Cc1ccc(-c2ccc(OC)cc2)cc1)C(=O)O)N(C)C(=O)C(c1ccc(OCc2ccc(Cl)c(Cl)c2)cc1)O3. The number of ether oxygens (including phenoxy) is 3. The monoisotopic (exact) mass is 883 g/mol. The van der Waals surface area contributed by atoms with Crippen LogP contribution in [0.1, 0.15) is 58.9 Å². The summed E-state index contributed by atoms with van der Waals surface area (Å²) in [5, 5.41) is 14.2. The number of carboxylic acids is 1. The van der Waals surface area contributed by atoms with E-state index in [1.54, 1.807) is 43.3 Å². The minimum Gasteiger partial charge on any atom is -0.497 e. The second-order valence-electron chi connectivity index (χ2n) is 15.8. The van der Waals surface area contributed by atoms with Crippen molar-refractivity contribution in [1.82, 2.24) is 10.2 Å². The maximum atomic E-state index is 14.5. The van der Waals surface area contributed by atoms with Gasteiger partial charge in [-0.25, -0.2) is 4.79 Å². The van der Waals surface area contributed by atoms with Crippen molar-refractivity contribution in [1.29, 1.82) is 0 Å². The van der Waals surface area contributed by atoms with Crippen LogP contribution in [0.25, 0.3) is 11.1 Å². The highest BCUT2D eigenvalue weighted by atomic mass is 35.5. The summed E-state index contributed by atoms with van der Waals surface area (Å²) < 4.78 is 17.7. The first-order chi connectivity index (χ1) is 30.5. The zero-order chi connectivity index (χ0) is 44.2. The fourth-order valence-electron chi connectivity index (χ4n) is 8.43. The first-order valence-electron chi connectivity index (χ1n) is 20.8. The largest absolute Gasteiger partial charge is 0.497 e. The highest BCUT2D eigenvalue weighted by Gasteiger charge is 2.40. The minimum atomic E-state index is -1.16. The van der Waals surface area contributed by atoms with Crippen LogP contribution in [0.15, 0.2) is 133 Å². The third-order valence-corrected chi connectivity index (χ3v) is 12.6. The van der Waals surface area contributed by atoms with Crippen molar-refractivity contribution < 1.29 is 33.7 Å². The summed E-state index contributed by atoms with van der Waals surface area (Å²) in [6, 6.07) is 39.9. The Labute approximate surface area is 376 Å². The standard InChI is InChI=1S/C51H47Cl2N3O7/c1-4-44(35-8-6-5-7-9-35)56-29-38-28-47-45(55(2)50(58)48(63-47)36-17-21-40(22-18-36)62-30-32-12-23-41(52)42(53)24-32)26-37(38)27-46(56)49(57)54-43(51(59)60)25-31-10-13-33(14-11-31)34-15-19-39(61-3)20-16-34/h5-24,26,28,43-44,46,48H,4,25,27,29-30H2,1-3H3,(H,54,57)(H,59,60)/t43-,44-,46?,48?/m0/s1. The Hall–Kier alpha value is -6.33. The molecule has 10 nitrogen and oxygen atoms in total. The lowest BCUT2D eigenvalue weighted by Gasteiger charge is -2.42. The van der Waals surface area contributed by atoms with Crippen molar-refractivity contribution in [3.8, 4) is 28.4 Å². The number of fused-ring (bicyclic) bond motifs is 2. The van der Waals surface area contributed by atoms with Crippen LogP contribution in [0.2, 0.25) is 10.0 Å². The number of carbonyl (C=O) groups is 3. The van der Waals surface area contributed by atoms with E-state index in [0.29, 0.717) is 58.8 Å². The Kier molecular flexibility index (Phi) is 13.0. The van der Waals surface area contributed by atoms with Gasteiger partial charge >= 0.3 is 5.97 Å².